The predicted molar refractivity (Wildman–Crippen MR) is 127 cm³/mol. The first kappa shape index (κ1) is 31.5. The third-order valence-corrected chi connectivity index (χ3v) is 6.21. The first-order valence-electron chi connectivity index (χ1n) is 12.6. The van der Waals surface area contributed by atoms with E-state index in [-0.39, 0.29) is 25.7 Å². The Hall–Kier alpha value is -0.500. The SMILES string of the molecule is CCCCCCCCCCCCCCCCCC(=O)OCC(O)COP(=O)(O)OCCN. The minimum atomic E-state index is -4.24. The molecule has 0 bridgehead atoms. The summed E-state index contributed by atoms with van der Waals surface area (Å²) in [5.74, 6) is -0.384. The molecule has 0 aromatic rings. The molecule has 192 valence electrons. The average Bonchev–Trinajstić information content (AvgIpc) is 2.77. The van der Waals surface area contributed by atoms with Crippen molar-refractivity contribution in [2.24, 2.45) is 5.73 Å². The fourth-order valence-corrected chi connectivity index (χ4v) is 4.11. The molecular weight excluding hydrogens is 433 g/mol. The van der Waals surface area contributed by atoms with Gasteiger partial charge in [-0.05, 0) is 6.42 Å². The standard InChI is InChI=1S/C23H48NO7P/c1-2-3-4-5-6-7-8-9-10-11-12-13-14-15-16-17-23(26)29-20-22(25)21-31-32(27,28)30-19-18-24/h22,25H,2-21,24H2,1H3,(H,27,28). The highest BCUT2D eigenvalue weighted by molar-refractivity contribution is 7.47. The molecule has 8 nitrogen and oxygen atoms in total. The van der Waals surface area contributed by atoms with Crippen molar-refractivity contribution < 1.29 is 33.1 Å². The number of carbonyl (C=O) groups is 1. The monoisotopic (exact) mass is 481 g/mol. The van der Waals surface area contributed by atoms with Crippen LogP contribution in [0.3, 0.4) is 0 Å². The molecule has 0 spiro atoms. The molecule has 2 atom stereocenters. The number of unbranched alkanes of at least 4 members (excludes halogenated alkanes) is 14. The Bertz CT molecular complexity index is 479. The molecule has 0 aliphatic rings. The lowest BCUT2D eigenvalue weighted by molar-refractivity contribution is -0.147. The molecule has 0 aliphatic carbocycles. The van der Waals surface area contributed by atoms with Gasteiger partial charge in [-0.25, -0.2) is 4.57 Å². The van der Waals surface area contributed by atoms with Crippen LogP contribution >= 0.6 is 7.82 Å². The van der Waals surface area contributed by atoms with Gasteiger partial charge < -0.3 is 20.5 Å². The molecule has 0 rings (SSSR count). The topological polar surface area (TPSA) is 128 Å². The van der Waals surface area contributed by atoms with Gasteiger partial charge in [0.05, 0.1) is 13.2 Å². The zero-order chi connectivity index (χ0) is 23.9. The summed E-state index contributed by atoms with van der Waals surface area (Å²) in [4.78, 5) is 21.0. The molecule has 0 saturated carbocycles. The number of aliphatic hydroxyl groups excluding tert-OH is 1. The van der Waals surface area contributed by atoms with Crippen LogP contribution in [0, 0.1) is 0 Å². The number of esters is 1. The van der Waals surface area contributed by atoms with Gasteiger partial charge in [0.1, 0.15) is 12.7 Å². The first-order valence-corrected chi connectivity index (χ1v) is 14.1. The summed E-state index contributed by atoms with van der Waals surface area (Å²) in [6.07, 6.45) is 18.1. The van der Waals surface area contributed by atoms with E-state index in [0.717, 1.165) is 19.3 Å². The van der Waals surface area contributed by atoms with E-state index in [1.165, 1.54) is 77.0 Å². The fraction of sp³-hybridized carbons (Fsp3) is 0.957. The van der Waals surface area contributed by atoms with Crippen LogP contribution in [0.5, 0.6) is 0 Å². The number of aliphatic hydroxyl groups is 1. The second-order valence-corrected chi connectivity index (χ2v) is 9.88. The van der Waals surface area contributed by atoms with Crippen LogP contribution in [0.1, 0.15) is 110 Å². The molecule has 0 aromatic carbocycles. The fourth-order valence-electron chi connectivity index (χ4n) is 3.34. The van der Waals surface area contributed by atoms with E-state index in [1.807, 2.05) is 0 Å². The summed E-state index contributed by atoms with van der Waals surface area (Å²) in [6.45, 7) is 1.45. The Labute approximate surface area is 195 Å². The van der Waals surface area contributed by atoms with Crippen LogP contribution in [0.25, 0.3) is 0 Å². The lowest BCUT2D eigenvalue weighted by Crippen LogP contribution is -2.23. The smallest absolute Gasteiger partial charge is 0.463 e. The highest BCUT2D eigenvalue weighted by Crippen LogP contribution is 2.42. The molecule has 0 aromatic heterocycles. The van der Waals surface area contributed by atoms with Crippen LogP contribution in [-0.4, -0.2) is 48.4 Å². The Morgan fingerprint density at radius 2 is 1.28 bits per heavy atom. The lowest BCUT2D eigenvalue weighted by Gasteiger charge is -2.15. The maximum absolute atomic E-state index is 11.7. The number of hydrogen-bond acceptors (Lipinski definition) is 7. The van der Waals surface area contributed by atoms with Crippen molar-refractivity contribution in [2.45, 2.75) is 116 Å². The number of ether oxygens (including phenoxy) is 1. The third kappa shape index (κ3) is 22.7. The van der Waals surface area contributed by atoms with Crippen LogP contribution in [0.2, 0.25) is 0 Å². The first-order chi connectivity index (χ1) is 15.4. The minimum Gasteiger partial charge on any atom is -0.463 e. The predicted octanol–water partition coefficient (Wildman–Crippen LogP) is 5.24. The van der Waals surface area contributed by atoms with Crippen molar-refractivity contribution in [3.8, 4) is 0 Å². The molecule has 9 heteroatoms. The number of nitrogens with two attached hydrogens (primary N) is 1. The van der Waals surface area contributed by atoms with Crippen molar-refractivity contribution in [3.63, 3.8) is 0 Å². The molecule has 0 amide bonds. The molecule has 32 heavy (non-hydrogen) atoms. The van der Waals surface area contributed by atoms with Gasteiger partial charge in [0, 0.05) is 13.0 Å². The zero-order valence-corrected chi connectivity index (χ0v) is 21.1. The summed E-state index contributed by atoms with van der Waals surface area (Å²) < 4.78 is 25.5. The number of phosphoric acid groups is 1. The van der Waals surface area contributed by atoms with Gasteiger partial charge >= 0.3 is 13.8 Å². The Kier molecular flexibility index (Phi) is 22.0. The van der Waals surface area contributed by atoms with Gasteiger partial charge in [-0.2, -0.15) is 0 Å². The summed E-state index contributed by atoms with van der Waals surface area (Å²) in [6, 6.07) is 0. The van der Waals surface area contributed by atoms with Crippen molar-refractivity contribution in [1.82, 2.24) is 0 Å². The summed E-state index contributed by atoms with van der Waals surface area (Å²) in [5, 5.41) is 9.68. The van der Waals surface area contributed by atoms with E-state index in [4.69, 9.17) is 10.5 Å². The number of rotatable bonds is 24. The van der Waals surface area contributed by atoms with Crippen LogP contribution in [0.4, 0.5) is 0 Å². The molecule has 0 aliphatic heterocycles. The summed E-state index contributed by atoms with van der Waals surface area (Å²) >= 11 is 0. The number of carbonyl (C=O) groups excluding carboxylic acids is 1. The van der Waals surface area contributed by atoms with E-state index < -0.39 is 20.5 Å². The van der Waals surface area contributed by atoms with E-state index in [1.54, 1.807) is 0 Å². The maximum atomic E-state index is 11.7. The number of phosphoric ester groups is 1. The van der Waals surface area contributed by atoms with Crippen LogP contribution in [0.15, 0.2) is 0 Å². The van der Waals surface area contributed by atoms with Gasteiger partial charge in [0.15, 0.2) is 0 Å². The second kappa shape index (κ2) is 22.3. The van der Waals surface area contributed by atoms with Crippen molar-refractivity contribution in [1.29, 1.82) is 0 Å². The van der Waals surface area contributed by atoms with E-state index in [9.17, 15) is 19.4 Å². The average molecular weight is 482 g/mol. The highest BCUT2D eigenvalue weighted by atomic mass is 31.2. The summed E-state index contributed by atoms with van der Waals surface area (Å²) in [5.41, 5.74) is 5.17. The Morgan fingerprint density at radius 1 is 0.812 bits per heavy atom. The molecule has 0 fully saturated rings. The molecule has 4 N–H and O–H groups in total. The quantitative estimate of drug-likeness (QED) is 0.0969. The highest BCUT2D eigenvalue weighted by Gasteiger charge is 2.22. The molecule has 0 radical (unpaired) electrons. The second-order valence-electron chi connectivity index (χ2n) is 8.42. The molecule has 2 unspecified atom stereocenters. The van der Waals surface area contributed by atoms with Gasteiger partial charge in [-0.3, -0.25) is 13.8 Å². The van der Waals surface area contributed by atoms with E-state index >= 15 is 0 Å². The van der Waals surface area contributed by atoms with Gasteiger partial charge in [-0.15, -0.1) is 0 Å². The number of hydrogen-bond donors (Lipinski definition) is 3. The van der Waals surface area contributed by atoms with E-state index in [2.05, 4.69) is 16.0 Å². The third-order valence-electron chi connectivity index (χ3n) is 5.22. The normalized spacial score (nSPS) is 14.2. The van der Waals surface area contributed by atoms with Crippen molar-refractivity contribution in [3.05, 3.63) is 0 Å². The van der Waals surface area contributed by atoms with Crippen molar-refractivity contribution in [2.75, 3.05) is 26.4 Å². The lowest BCUT2D eigenvalue weighted by atomic mass is 10.0. The molecular formula is C23H48NO7P. The van der Waals surface area contributed by atoms with Crippen LogP contribution < -0.4 is 5.73 Å². The molecule has 0 heterocycles. The Balaban J connectivity index is 3.41. The van der Waals surface area contributed by atoms with Gasteiger partial charge in [0.25, 0.3) is 0 Å². The Morgan fingerprint density at radius 3 is 1.75 bits per heavy atom. The minimum absolute atomic E-state index is 0.0768. The maximum Gasteiger partial charge on any atom is 0.472 e. The zero-order valence-electron chi connectivity index (χ0n) is 20.2. The van der Waals surface area contributed by atoms with E-state index in [0.29, 0.717) is 6.42 Å². The van der Waals surface area contributed by atoms with Gasteiger partial charge in [-0.1, -0.05) is 96.8 Å². The van der Waals surface area contributed by atoms with Gasteiger partial charge in [0.2, 0.25) is 0 Å². The summed E-state index contributed by atoms with van der Waals surface area (Å²) in [7, 11) is -4.24. The molecule has 0 saturated heterocycles. The van der Waals surface area contributed by atoms with Crippen molar-refractivity contribution >= 4 is 13.8 Å². The largest absolute Gasteiger partial charge is 0.472 e. The van der Waals surface area contributed by atoms with Crippen LogP contribution in [-0.2, 0) is 23.1 Å².